The Labute approximate surface area is 227 Å². The topological polar surface area (TPSA) is 78.4 Å². The Kier molecular flexibility index (Phi) is 9.24. The smallest absolute Gasteiger partial charge is 0.266 e. The molecule has 2 N–H and O–H groups in total. The van der Waals surface area contributed by atoms with Crippen LogP contribution in [0.4, 0.5) is 24.7 Å². The number of nitrogens with zero attached hydrogens (tertiary/aromatic N) is 5. The van der Waals surface area contributed by atoms with Crippen molar-refractivity contribution in [2.75, 3.05) is 56.6 Å². The van der Waals surface area contributed by atoms with Crippen LogP contribution in [0.1, 0.15) is 43.3 Å². The van der Waals surface area contributed by atoms with E-state index in [4.69, 9.17) is 9.72 Å². The standard InChI is InChI=1S/C28H36F3N7O/c1-6-22(19-8-7-9-20(24(19)29)25(30)31)35-26-21-16-23(38-13-11-37(12-14-38)17(2)3)28(39-15-10-32-5)36-27(21)34-18(4)33-26/h6-9,16-17,22,25,32H,1,10-15H2,2-5H3,(H,33,34,35,36)/t22-/m1/s1. The maximum atomic E-state index is 15.0. The summed E-state index contributed by atoms with van der Waals surface area (Å²) in [4.78, 5) is 18.5. The number of rotatable bonds is 11. The number of ether oxygens (including phenoxy) is 1. The normalized spacial score (nSPS) is 15.3. The number of hydrogen-bond acceptors (Lipinski definition) is 8. The van der Waals surface area contributed by atoms with Crippen LogP contribution < -0.4 is 20.3 Å². The quantitative estimate of drug-likeness (QED) is 0.262. The van der Waals surface area contributed by atoms with Gasteiger partial charge in [-0.3, -0.25) is 4.90 Å². The van der Waals surface area contributed by atoms with E-state index in [1.54, 1.807) is 6.92 Å². The van der Waals surface area contributed by atoms with Crippen LogP contribution in [0.3, 0.4) is 0 Å². The monoisotopic (exact) mass is 543 g/mol. The van der Waals surface area contributed by atoms with E-state index in [9.17, 15) is 8.78 Å². The Morgan fingerprint density at radius 2 is 1.82 bits per heavy atom. The first-order valence-corrected chi connectivity index (χ1v) is 13.1. The fourth-order valence-corrected chi connectivity index (χ4v) is 4.70. The fourth-order valence-electron chi connectivity index (χ4n) is 4.70. The molecular formula is C28H36F3N7O. The lowest BCUT2D eigenvalue weighted by Gasteiger charge is -2.38. The number of aromatic nitrogens is 3. The highest BCUT2D eigenvalue weighted by Gasteiger charge is 2.25. The van der Waals surface area contributed by atoms with E-state index in [-0.39, 0.29) is 5.56 Å². The number of halogens is 3. The number of likely N-dealkylation sites (N-methyl/N-ethyl adjacent to an activating group) is 1. The summed E-state index contributed by atoms with van der Waals surface area (Å²) in [6, 6.07) is 5.54. The predicted molar refractivity (Wildman–Crippen MR) is 148 cm³/mol. The van der Waals surface area contributed by atoms with E-state index in [0.717, 1.165) is 37.9 Å². The van der Waals surface area contributed by atoms with Gasteiger partial charge in [0.15, 0.2) is 5.65 Å². The highest BCUT2D eigenvalue weighted by Crippen LogP contribution is 2.35. The summed E-state index contributed by atoms with van der Waals surface area (Å²) in [7, 11) is 1.85. The van der Waals surface area contributed by atoms with Gasteiger partial charge in [-0.05, 0) is 33.9 Å². The van der Waals surface area contributed by atoms with E-state index in [2.05, 4.69) is 50.8 Å². The average Bonchev–Trinajstić information content (AvgIpc) is 2.91. The van der Waals surface area contributed by atoms with Crippen LogP contribution in [0.15, 0.2) is 36.9 Å². The molecule has 1 fully saturated rings. The molecule has 11 heteroatoms. The largest absolute Gasteiger partial charge is 0.475 e. The Hall–Kier alpha value is -3.44. The van der Waals surface area contributed by atoms with Gasteiger partial charge in [0.05, 0.1) is 17.0 Å². The number of nitrogens with one attached hydrogen (secondary N) is 2. The molecule has 0 bridgehead atoms. The Morgan fingerprint density at radius 3 is 2.46 bits per heavy atom. The van der Waals surface area contributed by atoms with Crippen LogP contribution in [0.2, 0.25) is 0 Å². The SMILES string of the molecule is C=C[C@@H](Nc1nc(C)nc2nc(OCCNC)c(N3CCN(C(C)C)CC3)cc12)c1cccc(C(F)F)c1F. The molecule has 4 rings (SSSR count). The molecule has 1 aromatic carbocycles. The number of hydrogen-bond donors (Lipinski definition) is 2. The third kappa shape index (κ3) is 6.42. The van der Waals surface area contributed by atoms with E-state index >= 15 is 4.39 Å². The van der Waals surface area contributed by atoms with E-state index in [0.29, 0.717) is 47.7 Å². The Bertz CT molecular complexity index is 1300. The molecule has 210 valence electrons. The number of pyridine rings is 1. The van der Waals surface area contributed by atoms with Crippen LogP contribution in [0, 0.1) is 12.7 Å². The zero-order chi connectivity index (χ0) is 28.1. The van der Waals surface area contributed by atoms with Gasteiger partial charge < -0.3 is 20.3 Å². The predicted octanol–water partition coefficient (Wildman–Crippen LogP) is 4.88. The molecular weight excluding hydrogens is 507 g/mol. The zero-order valence-electron chi connectivity index (χ0n) is 22.8. The van der Waals surface area contributed by atoms with E-state index in [1.165, 1.54) is 18.2 Å². The molecule has 39 heavy (non-hydrogen) atoms. The lowest BCUT2D eigenvalue weighted by Crippen LogP contribution is -2.49. The minimum atomic E-state index is -2.93. The third-order valence-electron chi connectivity index (χ3n) is 6.88. The van der Waals surface area contributed by atoms with Gasteiger partial charge in [-0.1, -0.05) is 24.3 Å². The van der Waals surface area contributed by atoms with E-state index < -0.39 is 23.8 Å². The number of aryl methyl sites for hydroxylation is 1. The van der Waals surface area contributed by atoms with Crippen LogP contribution in [0.25, 0.3) is 11.0 Å². The van der Waals surface area contributed by atoms with Gasteiger partial charge in [-0.2, -0.15) is 4.98 Å². The molecule has 1 aliphatic heterocycles. The van der Waals surface area contributed by atoms with Crippen molar-refractivity contribution in [3.63, 3.8) is 0 Å². The molecule has 3 aromatic rings. The van der Waals surface area contributed by atoms with Gasteiger partial charge in [0.25, 0.3) is 6.43 Å². The van der Waals surface area contributed by atoms with Crippen molar-refractivity contribution >= 4 is 22.5 Å². The third-order valence-corrected chi connectivity index (χ3v) is 6.88. The van der Waals surface area contributed by atoms with Crippen molar-refractivity contribution in [1.82, 2.24) is 25.2 Å². The van der Waals surface area contributed by atoms with Gasteiger partial charge in [0.1, 0.15) is 29.8 Å². The van der Waals surface area contributed by atoms with Crippen LogP contribution in [0.5, 0.6) is 5.88 Å². The Balaban J connectivity index is 1.75. The fraction of sp³-hybridized carbons (Fsp3) is 0.464. The number of benzene rings is 1. The highest BCUT2D eigenvalue weighted by atomic mass is 19.3. The van der Waals surface area contributed by atoms with Crippen LogP contribution in [-0.4, -0.2) is 72.3 Å². The minimum Gasteiger partial charge on any atom is -0.475 e. The van der Waals surface area contributed by atoms with Crippen molar-refractivity contribution in [1.29, 1.82) is 0 Å². The number of piperazine rings is 1. The molecule has 2 aromatic heterocycles. The number of anilines is 2. The molecule has 0 unspecified atom stereocenters. The summed E-state index contributed by atoms with van der Waals surface area (Å²) >= 11 is 0. The molecule has 1 aliphatic rings. The summed E-state index contributed by atoms with van der Waals surface area (Å²) in [6.07, 6.45) is -1.46. The minimum absolute atomic E-state index is 0.0530. The second-order valence-electron chi connectivity index (χ2n) is 9.78. The van der Waals surface area contributed by atoms with Crippen molar-refractivity contribution in [2.45, 2.75) is 39.3 Å². The summed E-state index contributed by atoms with van der Waals surface area (Å²) in [5.41, 5.74) is 0.632. The first-order chi connectivity index (χ1) is 18.7. The molecule has 0 saturated carbocycles. The molecule has 0 radical (unpaired) electrons. The van der Waals surface area contributed by atoms with Crippen LogP contribution in [-0.2, 0) is 0 Å². The lowest BCUT2D eigenvalue weighted by atomic mass is 10.0. The van der Waals surface area contributed by atoms with Crippen molar-refractivity contribution in [3.05, 3.63) is 59.7 Å². The first-order valence-electron chi connectivity index (χ1n) is 13.1. The van der Waals surface area contributed by atoms with Crippen molar-refractivity contribution in [3.8, 4) is 5.88 Å². The Morgan fingerprint density at radius 1 is 1.10 bits per heavy atom. The summed E-state index contributed by atoms with van der Waals surface area (Å²) in [6.45, 7) is 14.4. The van der Waals surface area contributed by atoms with Crippen molar-refractivity contribution < 1.29 is 17.9 Å². The van der Waals surface area contributed by atoms with E-state index in [1.807, 2.05) is 13.1 Å². The second kappa shape index (κ2) is 12.6. The van der Waals surface area contributed by atoms with Crippen molar-refractivity contribution in [2.24, 2.45) is 0 Å². The van der Waals surface area contributed by atoms with Gasteiger partial charge in [-0.15, -0.1) is 6.58 Å². The lowest BCUT2D eigenvalue weighted by molar-refractivity contribution is 0.146. The molecule has 0 spiro atoms. The maximum absolute atomic E-state index is 15.0. The second-order valence-corrected chi connectivity index (χ2v) is 9.78. The summed E-state index contributed by atoms with van der Waals surface area (Å²) in [5.74, 6) is 0.361. The molecule has 1 saturated heterocycles. The molecule has 8 nitrogen and oxygen atoms in total. The molecule has 0 amide bonds. The molecule has 3 heterocycles. The molecule has 1 atom stereocenters. The highest BCUT2D eigenvalue weighted by molar-refractivity contribution is 5.90. The van der Waals surface area contributed by atoms with Gasteiger partial charge in [-0.25, -0.2) is 23.1 Å². The van der Waals surface area contributed by atoms with Gasteiger partial charge in [0.2, 0.25) is 5.88 Å². The molecule has 0 aliphatic carbocycles. The summed E-state index contributed by atoms with van der Waals surface area (Å²) < 4.78 is 47.8. The first kappa shape index (κ1) is 28.6. The van der Waals surface area contributed by atoms with Gasteiger partial charge in [0, 0.05) is 44.3 Å². The van der Waals surface area contributed by atoms with Crippen LogP contribution >= 0.6 is 0 Å². The number of alkyl halides is 2. The summed E-state index contributed by atoms with van der Waals surface area (Å²) in [5, 5.41) is 6.87. The maximum Gasteiger partial charge on any atom is 0.266 e. The number of fused-ring (bicyclic) bond motifs is 1. The van der Waals surface area contributed by atoms with Gasteiger partial charge >= 0.3 is 0 Å². The zero-order valence-corrected chi connectivity index (χ0v) is 22.8. The average molecular weight is 544 g/mol.